The Morgan fingerprint density at radius 2 is 1.79 bits per heavy atom. The van der Waals surface area contributed by atoms with Crippen molar-refractivity contribution in [2.45, 2.75) is 17.1 Å². The van der Waals surface area contributed by atoms with Crippen LogP contribution in [-0.4, -0.2) is 18.2 Å². The summed E-state index contributed by atoms with van der Waals surface area (Å²) in [6.45, 7) is 1.40. The van der Waals surface area contributed by atoms with E-state index in [4.69, 9.17) is 13.9 Å². The molecule has 3 aromatic rings. The first-order valence-electron chi connectivity index (χ1n) is 7.91. The van der Waals surface area contributed by atoms with Crippen molar-refractivity contribution in [1.29, 1.82) is 0 Å². The fourth-order valence-electron chi connectivity index (χ4n) is 2.49. The van der Waals surface area contributed by atoms with Crippen LogP contribution in [0.3, 0.4) is 0 Å². The minimum Gasteiger partial charge on any atom is -0.490 e. The molecule has 2 aromatic carbocycles. The monoisotopic (exact) mass is 339 g/mol. The third-order valence-corrected chi connectivity index (χ3v) is 4.67. The second kappa shape index (κ2) is 7.01. The van der Waals surface area contributed by atoms with E-state index in [9.17, 15) is 0 Å². The number of thioether (sulfide) groups is 1. The van der Waals surface area contributed by atoms with Crippen molar-refractivity contribution in [3.63, 3.8) is 0 Å². The second-order valence-electron chi connectivity index (χ2n) is 5.43. The van der Waals surface area contributed by atoms with Crippen molar-refractivity contribution >= 4 is 11.8 Å². The average Bonchev–Trinajstić information content (AvgIpc) is 2.98. The van der Waals surface area contributed by atoms with Gasteiger partial charge >= 0.3 is 0 Å². The van der Waals surface area contributed by atoms with Crippen LogP contribution in [0.25, 0.3) is 11.3 Å². The van der Waals surface area contributed by atoms with E-state index in [1.54, 1.807) is 18.0 Å². The smallest absolute Gasteiger partial charge is 0.205 e. The summed E-state index contributed by atoms with van der Waals surface area (Å²) in [6.07, 6.45) is 2.69. The van der Waals surface area contributed by atoms with E-state index < -0.39 is 0 Å². The van der Waals surface area contributed by atoms with Gasteiger partial charge < -0.3 is 13.9 Å². The molecule has 0 bridgehead atoms. The Morgan fingerprint density at radius 3 is 2.67 bits per heavy atom. The summed E-state index contributed by atoms with van der Waals surface area (Å²) in [6, 6.07) is 16.0. The third kappa shape index (κ3) is 3.41. The van der Waals surface area contributed by atoms with Crippen LogP contribution in [0.4, 0.5) is 0 Å². The lowest BCUT2D eigenvalue weighted by Crippen LogP contribution is -1.97. The maximum atomic E-state index is 5.84. The molecule has 24 heavy (non-hydrogen) atoms. The van der Waals surface area contributed by atoms with Crippen molar-refractivity contribution in [2.24, 2.45) is 0 Å². The van der Waals surface area contributed by atoms with Gasteiger partial charge in [0, 0.05) is 16.9 Å². The Kier molecular flexibility index (Phi) is 4.42. The molecular formula is C19H17NO3S. The highest BCUT2D eigenvalue weighted by Crippen LogP contribution is 2.35. The minimum atomic E-state index is 0.673. The van der Waals surface area contributed by atoms with E-state index in [1.165, 1.54) is 0 Å². The summed E-state index contributed by atoms with van der Waals surface area (Å²) >= 11 is 1.67. The first-order chi connectivity index (χ1) is 11.9. The molecule has 0 saturated carbocycles. The molecule has 2 heterocycles. The van der Waals surface area contributed by atoms with E-state index in [-0.39, 0.29) is 0 Å². The molecule has 122 valence electrons. The standard InChI is InChI=1S/C19H17NO3S/c1-2-5-14(6-3-1)18-12-20-19(23-18)13-24-15-7-8-16-17(11-15)22-10-4-9-21-16/h1-3,5-8,11-12H,4,9-10,13H2. The molecule has 0 amide bonds. The average molecular weight is 339 g/mol. The number of rotatable bonds is 4. The van der Waals surface area contributed by atoms with Gasteiger partial charge in [0.25, 0.3) is 0 Å². The predicted octanol–water partition coefficient (Wildman–Crippen LogP) is 4.80. The SMILES string of the molecule is c1ccc(-c2cnc(CSc3ccc4c(c3)OCCCO4)o2)cc1. The van der Waals surface area contributed by atoms with E-state index >= 15 is 0 Å². The topological polar surface area (TPSA) is 44.5 Å². The van der Waals surface area contributed by atoms with Gasteiger partial charge in [0.2, 0.25) is 5.89 Å². The van der Waals surface area contributed by atoms with Crippen LogP contribution in [0.15, 0.2) is 64.0 Å². The molecule has 0 aliphatic carbocycles. The molecule has 4 rings (SSSR count). The Balaban J connectivity index is 1.44. The Bertz CT molecular complexity index is 816. The highest BCUT2D eigenvalue weighted by Gasteiger charge is 2.12. The van der Waals surface area contributed by atoms with Crippen molar-refractivity contribution in [2.75, 3.05) is 13.2 Å². The van der Waals surface area contributed by atoms with Crippen LogP contribution in [0, 0.1) is 0 Å². The summed E-state index contributed by atoms with van der Waals surface area (Å²) in [4.78, 5) is 5.48. The van der Waals surface area contributed by atoms with Crippen LogP contribution in [0.2, 0.25) is 0 Å². The lowest BCUT2D eigenvalue weighted by Gasteiger charge is -2.08. The molecule has 1 aliphatic heterocycles. The Morgan fingerprint density at radius 1 is 0.958 bits per heavy atom. The van der Waals surface area contributed by atoms with Crippen LogP contribution >= 0.6 is 11.8 Å². The van der Waals surface area contributed by atoms with Crippen molar-refractivity contribution < 1.29 is 13.9 Å². The second-order valence-corrected chi connectivity index (χ2v) is 6.48. The zero-order chi connectivity index (χ0) is 16.2. The van der Waals surface area contributed by atoms with Gasteiger partial charge in [0.05, 0.1) is 25.2 Å². The largest absolute Gasteiger partial charge is 0.490 e. The molecule has 5 heteroatoms. The predicted molar refractivity (Wildman–Crippen MR) is 93.5 cm³/mol. The molecule has 1 aliphatic rings. The number of oxazole rings is 1. The first kappa shape index (κ1) is 15.1. The van der Waals surface area contributed by atoms with Crippen molar-refractivity contribution in [3.05, 3.63) is 60.6 Å². The first-order valence-corrected chi connectivity index (χ1v) is 8.89. The van der Waals surface area contributed by atoms with Gasteiger partial charge in [0.15, 0.2) is 17.3 Å². The zero-order valence-electron chi connectivity index (χ0n) is 13.1. The number of hydrogen-bond donors (Lipinski definition) is 0. The number of benzene rings is 2. The van der Waals surface area contributed by atoms with E-state index in [0.29, 0.717) is 24.9 Å². The molecule has 4 nitrogen and oxygen atoms in total. The number of nitrogens with zero attached hydrogens (tertiary/aromatic N) is 1. The van der Waals surface area contributed by atoms with Gasteiger partial charge in [-0.25, -0.2) is 4.98 Å². The lowest BCUT2D eigenvalue weighted by molar-refractivity contribution is 0.297. The molecule has 0 N–H and O–H groups in total. The molecule has 1 aromatic heterocycles. The van der Waals surface area contributed by atoms with Crippen LogP contribution in [-0.2, 0) is 5.75 Å². The molecular weight excluding hydrogens is 322 g/mol. The van der Waals surface area contributed by atoms with Crippen LogP contribution in [0.1, 0.15) is 12.3 Å². The Hall–Kier alpha value is -2.40. The summed E-state index contributed by atoms with van der Waals surface area (Å²) in [5.74, 6) is 3.82. The third-order valence-electron chi connectivity index (χ3n) is 3.69. The number of ether oxygens (including phenoxy) is 2. The molecule has 0 radical (unpaired) electrons. The number of fused-ring (bicyclic) bond motifs is 1. The van der Waals surface area contributed by atoms with Gasteiger partial charge in [-0.05, 0) is 18.2 Å². The Labute approximate surface area is 144 Å². The lowest BCUT2D eigenvalue weighted by atomic mass is 10.2. The molecule has 0 spiro atoms. The molecule has 0 fully saturated rings. The van der Waals surface area contributed by atoms with E-state index in [1.807, 2.05) is 48.5 Å². The molecule has 0 atom stereocenters. The highest BCUT2D eigenvalue weighted by molar-refractivity contribution is 7.98. The van der Waals surface area contributed by atoms with Gasteiger partial charge in [-0.2, -0.15) is 0 Å². The zero-order valence-corrected chi connectivity index (χ0v) is 13.9. The fraction of sp³-hybridized carbons (Fsp3) is 0.211. The van der Waals surface area contributed by atoms with Crippen LogP contribution < -0.4 is 9.47 Å². The van der Waals surface area contributed by atoms with E-state index in [0.717, 1.165) is 34.1 Å². The molecule has 0 unspecified atom stereocenters. The minimum absolute atomic E-state index is 0.673. The summed E-state index contributed by atoms with van der Waals surface area (Å²) in [5.41, 5.74) is 1.04. The summed E-state index contributed by atoms with van der Waals surface area (Å²) < 4.78 is 17.2. The maximum Gasteiger partial charge on any atom is 0.205 e. The highest BCUT2D eigenvalue weighted by atomic mass is 32.2. The fourth-order valence-corrected chi connectivity index (χ4v) is 3.27. The van der Waals surface area contributed by atoms with E-state index in [2.05, 4.69) is 4.98 Å². The summed E-state index contributed by atoms with van der Waals surface area (Å²) in [7, 11) is 0. The molecule has 0 saturated heterocycles. The van der Waals surface area contributed by atoms with Crippen molar-refractivity contribution in [1.82, 2.24) is 4.98 Å². The normalized spacial score (nSPS) is 13.5. The van der Waals surface area contributed by atoms with Gasteiger partial charge in [-0.3, -0.25) is 0 Å². The number of aromatic nitrogens is 1. The van der Waals surface area contributed by atoms with Gasteiger partial charge in [0.1, 0.15) is 0 Å². The number of hydrogen-bond acceptors (Lipinski definition) is 5. The quantitative estimate of drug-likeness (QED) is 0.639. The summed E-state index contributed by atoms with van der Waals surface area (Å²) in [5, 5.41) is 0. The van der Waals surface area contributed by atoms with Gasteiger partial charge in [-0.15, -0.1) is 11.8 Å². The van der Waals surface area contributed by atoms with Gasteiger partial charge in [-0.1, -0.05) is 30.3 Å². The van der Waals surface area contributed by atoms with Crippen LogP contribution in [0.5, 0.6) is 11.5 Å². The van der Waals surface area contributed by atoms with Crippen molar-refractivity contribution in [3.8, 4) is 22.8 Å². The maximum absolute atomic E-state index is 5.84.